The number of ketones is 2. The minimum Gasteiger partial charge on any atom is -0.387 e. The van der Waals surface area contributed by atoms with Crippen LogP contribution >= 0.6 is 7.82 Å². The molecule has 0 amide bonds. The maximum atomic E-state index is 12.7. The predicted molar refractivity (Wildman–Crippen MR) is 180 cm³/mol. The Balaban J connectivity index is 4.20. The van der Waals surface area contributed by atoms with Gasteiger partial charge >= 0.3 is 7.82 Å². The first kappa shape index (κ1) is 43.4. The van der Waals surface area contributed by atoms with E-state index in [0.29, 0.717) is 12.8 Å². The molecule has 0 saturated heterocycles. The summed E-state index contributed by atoms with van der Waals surface area (Å²) in [7, 11) is -5.13. The zero-order valence-electron chi connectivity index (χ0n) is 28.4. The van der Waals surface area contributed by atoms with Crippen molar-refractivity contribution in [3.63, 3.8) is 0 Å². The molecule has 0 aliphatic carbocycles. The van der Waals surface area contributed by atoms with Gasteiger partial charge in [0.25, 0.3) is 0 Å². The van der Waals surface area contributed by atoms with E-state index in [2.05, 4.69) is 18.4 Å². The SMILES string of the molecule is CCCCCCCCCCCCCCCC(=O)C(O)C(O)C(OP(=O)(O)O)C(=O)CCCCCCCCCCCCCCC. The Morgan fingerprint density at radius 1 is 0.500 bits per heavy atom. The van der Waals surface area contributed by atoms with Crippen LogP contribution < -0.4 is 0 Å². The van der Waals surface area contributed by atoms with Gasteiger partial charge in [0, 0.05) is 12.8 Å². The van der Waals surface area contributed by atoms with Crippen molar-refractivity contribution >= 4 is 19.4 Å². The first-order valence-corrected chi connectivity index (χ1v) is 19.8. The van der Waals surface area contributed by atoms with Gasteiger partial charge in [-0.15, -0.1) is 0 Å². The quantitative estimate of drug-likeness (QED) is 0.0400. The van der Waals surface area contributed by atoms with Crippen LogP contribution in [0.5, 0.6) is 0 Å². The average Bonchev–Trinajstić information content (AvgIpc) is 2.99. The molecule has 0 saturated carbocycles. The third-order valence-electron chi connectivity index (χ3n) is 8.59. The third-order valence-corrected chi connectivity index (χ3v) is 9.09. The van der Waals surface area contributed by atoms with E-state index < -0.39 is 37.7 Å². The Labute approximate surface area is 269 Å². The number of hydrogen-bond donors (Lipinski definition) is 4. The summed E-state index contributed by atoms with van der Waals surface area (Å²) in [6.45, 7) is 4.45. The predicted octanol–water partition coefficient (Wildman–Crippen LogP) is 9.29. The van der Waals surface area contributed by atoms with Crippen molar-refractivity contribution in [2.75, 3.05) is 0 Å². The van der Waals surface area contributed by atoms with Crippen molar-refractivity contribution in [1.29, 1.82) is 0 Å². The molecule has 0 spiro atoms. The molecule has 0 bridgehead atoms. The highest BCUT2D eigenvalue weighted by atomic mass is 31.2. The lowest BCUT2D eigenvalue weighted by Crippen LogP contribution is -2.47. The standard InChI is InChI=1S/C35H69O8P/c1-3-5-7-9-11-13-15-17-19-21-23-25-27-29-31(36)33(38)34(39)35(43-44(40,41)42)32(37)30-28-26-24-22-20-18-16-14-12-10-8-6-4-2/h33-35,38-39H,3-30H2,1-2H3,(H2,40,41,42). The molecule has 9 heteroatoms. The summed E-state index contributed by atoms with van der Waals surface area (Å²) in [6, 6.07) is 0. The number of hydrogen-bond acceptors (Lipinski definition) is 6. The van der Waals surface area contributed by atoms with Crippen molar-refractivity contribution in [1.82, 2.24) is 0 Å². The van der Waals surface area contributed by atoms with Gasteiger partial charge < -0.3 is 20.0 Å². The lowest BCUT2D eigenvalue weighted by Gasteiger charge is -2.25. The molecule has 0 aromatic carbocycles. The van der Waals surface area contributed by atoms with Gasteiger partial charge in [-0.1, -0.05) is 168 Å². The van der Waals surface area contributed by atoms with Crippen LogP contribution in [0.4, 0.5) is 0 Å². The van der Waals surface area contributed by atoms with Gasteiger partial charge in [0.05, 0.1) is 0 Å². The molecule has 0 aromatic rings. The molecule has 262 valence electrons. The van der Waals surface area contributed by atoms with Crippen LogP contribution in [0.2, 0.25) is 0 Å². The highest BCUT2D eigenvalue weighted by Crippen LogP contribution is 2.39. The highest BCUT2D eigenvalue weighted by molar-refractivity contribution is 7.46. The Bertz CT molecular complexity index is 726. The van der Waals surface area contributed by atoms with Crippen molar-refractivity contribution < 1.29 is 38.7 Å². The monoisotopic (exact) mass is 648 g/mol. The van der Waals surface area contributed by atoms with E-state index in [4.69, 9.17) is 0 Å². The number of rotatable bonds is 34. The molecule has 0 aromatic heterocycles. The van der Waals surface area contributed by atoms with E-state index in [-0.39, 0.29) is 12.8 Å². The smallest absolute Gasteiger partial charge is 0.387 e. The maximum Gasteiger partial charge on any atom is 0.470 e. The Kier molecular flexibility index (Phi) is 29.3. The van der Waals surface area contributed by atoms with Crippen LogP contribution in [-0.2, 0) is 18.7 Å². The van der Waals surface area contributed by atoms with Gasteiger partial charge in [0.15, 0.2) is 17.7 Å². The number of aliphatic hydroxyl groups excluding tert-OH is 2. The summed E-state index contributed by atoms with van der Waals surface area (Å²) in [5.74, 6) is -1.36. The van der Waals surface area contributed by atoms with Crippen LogP contribution in [0, 0.1) is 0 Å². The second-order valence-electron chi connectivity index (χ2n) is 12.9. The molecule has 0 rings (SSSR count). The molecule has 0 radical (unpaired) electrons. The summed E-state index contributed by atoms with van der Waals surface area (Å²) in [6.07, 6.45) is 23.9. The summed E-state index contributed by atoms with van der Waals surface area (Å²) in [5.41, 5.74) is 0. The summed E-state index contributed by atoms with van der Waals surface area (Å²) >= 11 is 0. The fraction of sp³-hybridized carbons (Fsp3) is 0.943. The van der Waals surface area contributed by atoms with Gasteiger partial charge in [0.2, 0.25) is 0 Å². The number of carbonyl (C=O) groups excluding carboxylic acids is 2. The molecule has 0 aliphatic rings. The number of phosphoric ester groups is 1. The van der Waals surface area contributed by atoms with Crippen molar-refractivity contribution in [2.24, 2.45) is 0 Å². The van der Waals surface area contributed by atoms with E-state index in [0.717, 1.165) is 44.9 Å². The van der Waals surface area contributed by atoms with E-state index in [1.54, 1.807) is 0 Å². The first-order valence-electron chi connectivity index (χ1n) is 18.3. The zero-order chi connectivity index (χ0) is 32.9. The Morgan fingerprint density at radius 3 is 1.07 bits per heavy atom. The summed E-state index contributed by atoms with van der Waals surface area (Å²) in [4.78, 5) is 43.8. The molecule has 44 heavy (non-hydrogen) atoms. The maximum absolute atomic E-state index is 12.7. The van der Waals surface area contributed by atoms with Crippen LogP contribution in [0.1, 0.15) is 194 Å². The minimum absolute atomic E-state index is 0.0334. The van der Waals surface area contributed by atoms with Crippen LogP contribution in [0.25, 0.3) is 0 Å². The molecule has 8 nitrogen and oxygen atoms in total. The first-order chi connectivity index (χ1) is 21.1. The molecule has 0 aliphatic heterocycles. The van der Waals surface area contributed by atoms with E-state index in [9.17, 15) is 34.2 Å². The number of phosphoric acid groups is 1. The molecule has 0 heterocycles. The summed E-state index contributed by atoms with van der Waals surface area (Å²) in [5, 5.41) is 20.9. The van der Waals surface area contributed by atoms with Crippen LogP contribution in [0.3, 0.4) is 0 Å². The third kappa shape index (κ3) is 26.6. The van der Waals surface area contributed by atoms with Gasteiger partial charge in [-0.25, -0.2) is 4.57 Å². The van der Waals surface area contributed by atoms with Crippen molar-refractivity contribution in [3.05, 3.63) is 0 Å². The van der Waals surface area contributed by atoms with Gasteiger partial charge in [0.1, 0.15) is 12.2 Å². The number of aliphatic hydroxyl groups is 2. The molecule has 3 unspecified atom stereocenters. The van der Waals surface area contributed by atoms with Crippen molar-refractivity contribution in [2.45, 2.75) is 212 Å². The fourth-order valence-electron chi connectivity index (χ4n) is 5.74. The molecule has 4 N–H and O–H groups in total. The largest absolute Gasteiger partial charge is 0.470 e. The van der Waals surface area contributed by atoms with Crippen LogP contribution in [-0.4, -0.2) is 49.9 Å². The number of unbranched alkanes of at least 4 members (excludes halogenated alkanes) is 24. The van der Waals surface area contributed by atoms with Gasteiger partial charge in [-0.05, 0) is 12.8 Å². The zero-order valence-corrected chi connectivity index (χ0v) is 29.3. The lowest BCUT2D eigenvalue weighted by atomic mass is 9.95. The van der Waals surface area contributed by atoms with Crippen LogP contribution in [0.15, 0.2) is 0 Å². The Hall–Kier alpha value is -0.630. The van der Waals surface area contributed by atoms with Gasteiger partial charge in [-0.2, -0.15) is 0 Å². The number of carbonyl (C=O) groups is 2. The molecule has 0 fully saturated rings. The van der Waals surface area contributed by atoms with E-state index >= 15 is 0 Å². The lowest BCUT2D eigenvalue weighted by molar-refractivity contribution is -0.146. The fourth-order valence-corrected chi connectivity index (χ4v) is 6.28. The second kappa shape index (κ2) is 29.8. The average molecular weight is 649 g/mol. The summed E-state index contributed by atoms with van der Waals surface area (Å²) < 4.78 is 16.1. The van der Waals surface area contributed by atoms with Crippen molar-refractivity contribution in [3.8, 4) is 0 Å². The number of Topliss-reactive ketones (excluding diaryl/α,β-unsaturated/α-hetero) is 2. The second-order valence-corrected chi connectivity index (χ2v) is 14.1. The van der Waals surface area contributed by atoms with E-state index in [1.807, 2.05) is 0 Å². The minimum atomic E-state index is -5.13. The van der Waals surface area contributed by atoms with Gasteiger partial charge in [-0.3, -0.25) is 14.1 Å². The normalized spacial score (nSPS) is 14.0. The molecular weight excluding hydrogens is 579 g/mol. The molecular formula is C35H69O8P. The topological polar surface area (TPSA) is 141 Å². The Morgan fingerprint density at radius 2 is 0.773 bits per heavy atom. The highest BCUT2D eigenvalue weighted by Gasteiger charge is 2.39. The molecule has 3 atom stereocenters. The van der Waals surface area contributed by atoms with E-state index in [1.165, 1.54) is 109 Å².